The lowest BCUT2D eigenvalue weighted by Crippen LogP contribution is -2.24. The highest BCUT2D eigenvalue weighted by Gasteiger charge is 2.13. The summed E-state index contributed by atoms with van der Waals surface area (Å²) in [6.07, 6.45) is 2.01. The van der Waals surface area contributed by atoms with Gasteiger partial charge < -0.3 is 9.73 Å². The molecule has 4 aromatic rings. The van der Waals surface area contributed by atoms with Crippen LogP contribution in [0.25, 0.3) is 11.0 Å². The summed E-state index contributed by atoms with van der Waals surface area (Å²) in [5.74, 6) is -0.0140. The Morgan fingerprint density at radius 2 is 1.87 bits per heavy atom. The maximum atomic E-state index is 12.5. The normalized spacial score (nSPS) is 11.2. The van der Waals surface area contributed by atoms with E-state index < -0.39 is 0 Å². The Labute approximate surface area is 176 Å². The van der Waals surface area contributed by atoms with Crippen molar-refractivity contribution in [3.8, 4) is 0 Å². The molecule has 0 aliphatic carbocycles. The minimum absolute atomic E-state index is 0.0140. The van der Waals surface area contributed by atoms with Crippen LogP contribution in [-0.4, -0.2) is 15.7 Å². The van der Waals surface area contributed by atoms with Crippen LogP contribution in [0.1, 0.15) is 39.2 Å². The molecule has 5 heteroatoms. The number of amides is 1. The van der Waals surface area contributed by atoms with E-state index in [0.717, 1.165) is 45.6 Å². The molecule has 0 radical (unpaired) electrons. The molecule has 154 valence electrons. The fraction of sp³-hybridized carbons (Fsp3) is 0.280. The fourth-order valence-electron chi connectivity index (χ4n) is 3.81. The van der Waals surface area contributed by atoms with E-state index in [1.54, 1.807) is 6.26 Å². The molecule has 0 aliphatic rings. The molecule has 2 aromatic carbocycles. The first-order chi connectivity index (χ1) is 14.4. The van der Waals surface area contributed by atoms with Crippen molar-refractivity contribution in [3.05, 3.63) is 87.9 Å². The van der Waals surface area contributed by atoms with Crippen molar-refractivity contribution in [2.75, 3.05) is 0 Å². The van der Waals surface area contributed by atoms with Crippen LogP contribution in [0, 0.1) is 27.7 Å². The summed E-state index contributed by atoms with van der Waals surface area (Å²) >= 11 is 0. The molecule has 5 nitrogen and oxygen atoms in total. The molecule has 1 amide bonds. The second kappa shape index (κ2) is 8.19. The Kier molecular flexibility index (Phi) is 5.44. The third kappa shape index (κ3) is 4.15. The van der Waals surface area contributed by atoms with Crippen LogP contribution < -0.4 is 5.32 Å². The van der Waals surface area contributed by atoms with Crippen LogP contribution in [-0.2, 0) is 24.3 Å². The number of hydrogen-bond acceptors (Lipinski definition) is 3. The van der Waals surface area contributed by atoms with Crippen molar-refractivity contribution < 1.29 is 9.21 Å². The number of nitrogens with one attached hydrogen (secondary N) is 1. The molecule has 2 aromatic heterocycles. The average molecular weight is 402 g/mol. The van der Waals surface area contributed by atoms with Gasteiger partial charge in [0.1, 0.15) is 5.58 Å². The van der Waals surface area contributed by atoms with E-state index >= 15 is 0 Å². The SMILES string of the molecule is Cc1cc(C)n(Cc2cccc(CNC(=O)Cc3coc4c(C)c(C)ccc34)c2)n1. The number of hydrogen-bond donors (Lipinski definition) is 1. The standard InChI is InChI=1S/C25H27N3O2/c1-16-8-9-23-22(15-30-25(23)19(16)4)12-24(29)26-13-20-6-5-7-21(11-20)14-28-18(3)10-17(2)27-28/h5-11,15H,12-14H2,1-4H3,(H,26,29). The van der Waals surface area contributed by atoms with Crippen LogP contribution >= 0.6 is 0 Å². The minimum Gasteiger partial charge on any atom is -0.464 e. The van der Waals surface area contributed by atoms with Gasteiger partial charge in [-0.2, -0.15) is 5.10 Å². The zero-order valence-electron chi connectivity index (χ0n) is 18.0. The molecule has 0 spiro atoms. The van der Waals surface area contributed by atoms with Crippen LogP contribution in [0.5, 0.6) is 0 Å². The van der Waals surface area contributed by atoms with Gasteiger partial charge in [0, 0.05) is 23.2 Å². The van der Waals surface area contributed by atoms with Gasteiger partial charge >= 0.3 is 0 Å². The lowest BCUT2D eigenvalue weighted by atomic mass is 10.0. The zero-order chi connectivity index (χ0) is 21.3. The van der Waals surface area contributed by atoms with Gasteiger partial charge in [0.25, 0.3) is 0 Å². The van der Waals surface area contributed by atoms with Crippen molar-refractivity contribution >= 4 is 16.9 Å². The quantitative estimate of drug-likeness (QED) is 0.506. The highest BCUT2D eigenvalue weighted by Crippen LogP contribution is 2.26. The average Bonchev–Trinajstić information content (AvgIpc) is 3.26. The molecule has 0 saturated heterocycles. The van der Waals surface area contributed by atoms with Gasteiger partial charge in [0.05, 0.1) is 24.9 Å². The first-order valence-corrected chi connectivity index (χ1v) is 10.2. The summed E-state index contributed by atoms with van der Waals surface area (Å²) < 4.78 is 7.72. The Bertz CT molecular complexity index is 1220. The molecule has 0 atom stereocenters. The highest BCUT2D eigenvalue weighted by molar-refractivity contribution is 5.89. The number of furan rings is 1. The second-order valence-electron chi connectivity index (χ2n) is 8.00. The number of aryl methyl sites for hydroxylation is 4. The molecular weight excluding hydrogens is 374 g/mol. The Hall–Kier alpha value is -3.34. The lowest BCUT2D eigenvalue weighted by molar-refractivity contribution is -0.120. The summed E-state index contributed by atoms with van der Waals surface area (Å²) in [6.45, 7) is 9.39. The number of carbonyl (C=O) groups excluding carboxylic acids is 1. The highest BCUT2D eigenvalue weighted by atomic mass is 16.3. The predicted octanol–water partition coefficient (Wildman–Crippen LogP) is 4.77. The molecule has 30 heavy (non-hydrogen) atoms. The van der Waals surface area contributed by atoms with E-state index in [1.165, 1.54) is 11.1 Å². The first-order valence-electron chi connectivity index (χ1n) is 10.2. The smallest absolute Gasteiger partial charge is 0.224 e. The van der Waals surface area contributed by atoms with Crippen molar-refractivity contribution in [1.29, 1.82) is 0 Å². The molecular formula is C25H27N3O2. The topological polar surface area (TPSA) is 60.1 Å². The van der Waals surface area contributed by atoms with E-state index in [9.17, 15) is 4.79 Å². The molecule has 0 fully saturated rings. The number of carbonyl (C=O) groups is 1. The molecule has 1 N–H and O–H groups in total. The number of rotatable bonds is 6. The summed E-state index contributed by atoms with van der Waals surface area (Å²) in [5, 5.41) is 8.57. The summed E-state index contributed by atoms with van der Waals surface area (Å²) in [6, 6.07) is 14.4. The number of benzene rings is 2. The van der Waals surface area contributed by atoms with E-state index in [1.807, 2.05) is 36.7 Å². The number of fused-ring (bicyclic) bond motifs is 1. The van der Waals surface area contributed by atoms with Gasteiger partial charge in [-0.1, -0.05) is 36.4 Å². The summed E-state index contributed by atoms with van der Waals surface area (Å²) in [4.78, 5) is 12.5. The van der Waals surface area contributed by atoms with Gasteiger partial charge in [0.2, 0.25) is 5.91 Å². The Morgan fingerprint density at radius 1 is 1.07 bits per heavy atom. The molecule has 0 saturated carbocycles. The largest absolute Gasteiger partial charge is 0.464 e. The summed E-state index contributed by atoms with van der Waals surface area (Å²) in [5.41, 5.74) is 8.51. The van der Waals surface area contributed by atoms with Crippen molar-refractivity contribution in [1.82, 2.24) is 15.1 Å². The minimum atomic E-state index is -0.0140. The second-order valence-corrected chi connectivity index (χ2v) is 8.00. The van der Waals surface area contributed by atoms with Crippen molar-refractivity contribution in [3.63, 3.8) is 0 Å². The van der Waals surface area contributed by atoms with Gasteiger partial charge in [-0.05, 0) is 56.0 Å². The molecule has 2 heterocycles. The lowest BCUT2D eigenvalue weighted by Gasteiger charge is -2.09. The third-order valence-electron chi connectivity index (χ3n) is 5.61. The van der Waals surface area contributed by atoms with E-state index in [4.69, 9.17) is 4.42 Å². The number of aromatic nitrogens is 2. The zero-order valence-corrected chi connectivity index (χ0v) is 18.0. The monoisotopic (exact) mass is 401 g/mol. The summed E-state index contributed by atoms with van der Waals surface area (Å²) in [7, 11) is 0. The Morgan fingerprint density at radius 3 is 2.63 bits per heavy atom. The van der Waals surface area contributed by atoms with Crippen molar-refractivity contribution in [2.24, 2.45) is 0 Å². The van der Waals surface area contributed by atoms with Gasteiger partial charge in [-0.3, -0.25) is 9.48 Å². The van der Waals surface area contributed by atoms with Crippen LogP contribution in [0.15, 0.2) is 53.1 Å². The van der Waals surface area contributed by atoms with Gasteiger partial charge in [0.15, 0.2) is 0 Å². The molecule has 0 aliphatic heterocycles. The molecule has 0 unspecified atom stereocenters. The fourth-order valence-corrected chi connectivity index (χ4v) is 3.81. The van der Waals surface area contributed by atoms with Crippen LogP contribution in [0.4, 0.5) is 0 Å². The maximum Gasteiger partial charge on any atom is 0.224 e. The van der Waals surface area contributed by atoms with Crippen LogP contribution in [0.3, 0.4) is 0 Å². The first kappa shape index (κ1) is 20.0. The molecule has 4 rings (SSSR count). The Balaban J connectivity index is 1.40. The maximum absolute atomic E-state index is 12.5. The van der Waals surface area contributed by atoms with E-state index in [-0.39, 0.29) is 5.91 Å². The van der Waals surface area contributed by atoms with Gasteiger partial charge in [-0.25, -0.2) is 0 Å². The van der Waals surface area contributed by atoms with E-state index in [0.29, 0.717) is 13.0 Å². The molecule has 0 bridgehead atoms. The predicted molar refractivity (Wildman–Crippen MR) is 118 cm³/mol. The third-order valence-corrected chi connectivity index (χ3v) is 5.61. The van der Waals surface area contributed by atoms with Crippen molar-refractivity contribution in [2.45, 2.75) is 47.2 Å². The number of nitrogens with zero attached hydrogens (tertiary/aromatic N) is 2. The van der Waals surface area contributed by atoms with Crippen LogP contribution in [0.2, 0.25) is 0 Å². The van der Waals surface area contributed by atoms with Gasteiger partial charge in [-0.15, -0.1) is 0 Å². The van der Waals surface area contributed by atoms with E-state index in [2.05, 4.69) is 48.5 Å².